The first kappa shape index (κ1) is 24.3. The Morgan fingerprint density at radius 1 is 1.14 bits per heavy atom. The molecule has 2 heterocycles. The molecule has 2 rings (SSSR count). The zero-order chi connectivity index (χ0) is 22.2. The minimum atomic E-state index is -5.68. The fourth-order valence-corrected chi connectivity index (χ4v) is 5.48. The number of ether oxygens (including phenoxy) is 1. The predicted octanol–water partition coefficient (Wildman–Crippen LogP) is -1.23. The van der Waals surface area contributed by atoms with Crippen LogP contribution >= 0.6 is 23.5 Å². The lowest BCUT2D eigenvalue weighted by molar-refractivity contribution is -0.0468. The Labute approximate surface area is 161 Å². The Morgan fingerprint density at radius 2 is 1.76 bits per heavy atom. The maximum absolute atomic E-state index is 11.8. The zero-order valence-electron chi connectivity index (χ0n) is 14.4. The lowest BCUT2D eigenvalue weighted by Crippen LogP contribution is -2.33. The molecule has 1 aromatic heterocycles. The van der Waals surface area contributed by atoms with Crippen LogP contribution in [0.25, 0.3) is 0 Å². The maximum Gasteiger partial charge on any atom is 0.490 e. The lowest BCUT2D eigenvalue weighted by Gasteiger charge is -2.19. The fraction of sp³-hybridized carbons (Fsp3) is 0.600. The van der Waals surface area contributed by atoms with Crippen molar-refractivity contribution < 1.29 is 56.3 Å². The van der Waals surface area contributed by atoms with E-state index >= 15 is 0 Å². The average molecular weight is 482 g/mol. The van der Waals surface area contributed by atoms with E-state index in [0.717, 1.165) is 16.8 Å². The normalized spacial score (nSPS) is 29.3. The largest absolute Gasteiger partial charge is 0.490 e. The van der Waals surface area contributed by atoms with E-state index in [9.17, 15) is 33.3 Å². The Bertz CT molecular complexity index is 998. The molecular weight excluding hydrogens is 465 g/mol. The number of hydrogen-bond acceptors (Lipinski definition) is 10. The first-order chi connectivity index (χ1) is 13.1. The molecule has 1 saturated heterocycles. The molecule has 6 atom stereocenters. The van der Waals surface area contributed by atoms with E-state index in [1.165, 1.54) is 6.92 Å². The first-order valence-electron chi connectivity index (χ1n) is 7.53. The zero-order valence-corrected chi connectivity index (χ0v) is 17.1. The van der Waals surface area contributed by atoms with E-state index in [1.54, 1.807) is 0 Å². The van der Waals surface area contributed by atoms with Crippen molar-refractivity contribution in [2.45, 2.75) is 25.4 Å². The highest BCUT2D eigenvalue weighted by Crippen LogP contribution is 2.66. The van der Waals surface area contributed by atoms with Gasteiger partial charge in [0, 0.05) is 18.2 Å². The van der Waals surface area contributed by atoms with E-state index in [1.807, 2.05) is 4.98 Å². The summed E-state index contributed by atoms with van der Waals surface area (Å²) in [6.07, 6.45) is -2.64. The highest BCUT2D eigenvalue weighted by atomic mass is 31.3. The summed E-state index contributed by atoms with van der Waals surface area (Å²) < 4.78 is 51.4. The molecule has 6 unspecified atom stereocenters. The van der Waals surface area contributed by atoms with E-state index in [0.29, 0.717) is 0 Å². The van der Waals surface area contributed by atoms with Crippen molar-refractivity contribution in [2.24, 2.45) is 5.92 Å². The van der Waals surface area contributed by atoms with Gasteiger partial charge in [-0.15, -0.1) is 0 Å². The number of phosphoric acid groups is 3. The van der Waals surface area contributed by atoms with Gasteiger partial charge in [-0.1, -0.05) is 6.92 Å². The van der Waals surface area contributed by atoms with Crippen LogP contribution in [0.1, 0.15) is 13.2 Å². The van der Waals surface area contributed by atoms with Crippen molar-refractivity contribution in [3.05, 3.63) is 33.1 Å². The number of aromatic amines is 1. The summed E-state index contributed by atoms with van der Waals surface area (Å²) in [5, 5.41) is 10.2. The molecule has 6 N–H and O–H groups in total. The predicted molar refractivity (Wildman–Crippen MR) is 90.2 cm³/mol. The first-order valence-corrected chi connectivity index (χ1v) is 12.1. The minimum absolute atomic E-state index is 0.665. The summed E-state index contributed by atoms with van der Waals surface area (Å²) in [4.78, 5) is 60.4. The van der Waals surface area contributed by atoms with Crippen LogP contribution in [0.15, 0.2) is 21.9 Å². The van der Waals surface area contributed by atoms with E-state index in [4.69, 9.17) is 19.4 Å². The van der Waals surface area contributed by atoms with Gasteiger partial charge in [-0.25, -0.2) is 18.5 Å². The highest BCUT2D eigenvalue weighted by molar-refractivity contribution is 7.66. The van der Waals surface area contributed by atoms with Crippen molar-refractivity contribution in [3.8, 4) is 0 Å². The van der Waals surface area contributed by atoms with E-state index in [-0.39, 0.29) is 0 Å². The van der Waals surface area contributed by atoms with Crippen LogP contribution in [-0.4, -0.2) is 53.0 Å². The minimum Gasteiger partial charge on any atom is -0.390 e. The molecule has 1 fully saturated rings. The van der Waals surface area contributed by atoms with Crippen LogP contribution in [0.4, 0.5) is 0 Å². The smallest absolute Gasteiger partial charge is 0.390 e. The molecule has 16 nitrogen and oxygen atoms in total. The highest BCUT2D eigenvalue weighted by Gasteiger charge is 2.45. The number of nitrogens with zero attached hydrogens (tertiary/aromatic N) is 1. The Balaban J connectivity index is 2.06. The Kier molecular flexibility index (Phi) is 7.23. The molecule has 0 radical (unpaired) electrons. The third-order valence-electron chi connectivity index (χ3n) is 3.63. The van der Waals surface area contributed by atoms with Gasteiger partial charge >= 0.3 is 29.2 Å². The van der Waals surface area contributed by atoms with Gasteiger partial charge < -0.3 is 29.4 Å². The van der Waals surface area contributed by atoms with Crippen molar-refractivity contribution in [2.75, 3.05) is 6.61 Å². The molecule has 166 valence electrons. The third-order valence-corrected chi connectivity index (χ3v) is 7.43. The van der Waals surface area contributed by atoms with Crippen LogP contribution in [0, 0.1) is 5.92 Å². The van der Waals surface area contributed by atoms with E-state index in [2.05, 4.69) is 13.1 Å². The summed E-state index contributed by atoms with van der Waals surface area (Å²) in [5.74, 6) is -0.756. The van der Waals surface area contributed by atoms with Gasteiger partial charge in [0.25, 0.3) is 5.56 Å². The molecule has 1 aliphatic heterocycles. The van der Waals surface area contributed by atoms with Gasteiger partial charge in [-0.3, -0.25) is 18.9 Å². The van der Waals surface area contributed by atoms with Crippen molar-refractivity contribution in [3.63, 3.8) is 0 Å². The van der Waals surface area contributed by atoms with Crippen molar-refractivity contribution in [1.82, 2.24) is 9.55 Å². The summed E-state index contributed by atoms with van der Waals surface area (Å²) >= 11 is 0. The number of hydrogen-bond donors (Lipinski definition) is 6. The molecule has 1 aliphatic rings. The standard InChI is InChI=1S/C10H17N2O14P3/c1-5-8(14)6(24-9(5)12-3-2-7(13)11-10(12)15)4-23-28(19,20)26-29(21,22)25-27(16,17)18/h2-3,5-6,8-9,14H,4H2,1H3,(H,19,20)(H,21,22)(H,11,13,15)(H2,16,17,18). The molecule has 0 aliphatic carbocycles. The Morgan fingerprint density at radius 3 is 2.31 bits per heavy atom. The van der Waals surface area contributed by atoms with E-state index < -0.39 is 65.7 Å². The number of phosphoric ester groups is 1. The maximum atomic E-state index is 11.8. The topological polar surface area (TPSA) is 244 Å². The average Bonchev–Trinajstić information content (AvgIpc) is 2.78. The van der Waals surface area contributed by atoms with Crippen LogP contribution in [-0.2, 0) is 31.6 Å². The molecule has 1 aromatic rings. The second-order valence-electron chi connectivity index (χ2n) is 5.82. The van der Waals surface area contributed by atoms with Gasteiger partial charge in [0.1, 0.15) is 12.3 Å². The monoisotopic (exact) mass is 482 g/mol. The third kappa shape index (κ3) is 6.76. The molecule has 0 amide bonds. The number of H-pyrrole nitrogens is 1. The summed E-state index contributed by atoms with van der Waals surface area (Å²) in [5.41, 5.74) is -1.50. The molecule has 19 heteroatoms. The molecule has 0 bridgehead atoms. The second-order valence-corrected chi connectivity index (χ2v) is 10.2. The second kappa shape index (κ2) is 8.63. The van der Waals surface area contributed by atoms with Crippen LogP contribution < -0.4 is 11.2 Å². The summed E-state index contributed by atoms with van der Waals surface area (Å²) in [6.45, 7) is 0.585. The number of rotatable bonds is 8. The number of aliphatic hydroxyl groups is 1. The molecule has 0 saturated carbocycles. The van der Waals surface area contributed by atoms with Gasteiger partial charge in [0.05, 0.1) is 12.7 Å². The number of nitrogens with one attached hydrogen (secondary N) is 1. The molecular formula is C10H17N2O14P3. The summed E-state index contributed by atoms with van der Waals surface area (Å²) in [6, 6.07) is 1.03. The number of aliphatic hydroxyl groups excluding tert-OH is 1. The van der Waals surface area contributed by atoms with Crippen LogP contribution in [0.2, 0.25) is 0 Å². The van der Waals surface area contributed by atoms with Crippen molar-refractivity contribution >= 4 is 23.5 Å². The quantitative estimate of drug-likeness (QED) is 0.238. The SMILES string of the molecule is CC1C(O)C(COP(=O)(O)OP(=O)(O)OP(=O)(O)O)OC1n1ccc(=O)[nH]c1=O. The lowest BCUT2D eigenvalue weighted by atomic mass is 10.0. The van der Waals surface area contributed by atoms with Gasteiger partial charge in [0.15, 0.2) is 0 Å². The van der Waals surface area contributed by atoms with Crippen LogP contribution in [0.5, 0.6) is 0 Å². The van der Waals surface area contributed by atoms with Gasteiger partial charge in [-0.05, 0) is 0 Å². The Hall–Kier alpha value is -0.990. The van der Waals surface area contributed by atoms with Gasteiger partial charge in [-0.2, -0.15) is 8.62 Å². The summed E-state index contributed by atoms with van der Waals surface area (Å²) in [7, 11) is -16.6. The fourth-order valence-electron chi connectivity index (χ4n) is 2.45. The molecule has 29 heavy (non-hydrogen) atoms. The van der Waals surface area contributed by atoms with Crippen molar-refractivity contribution in [1.29, 1.82) is 0 Å². The molecule has 0 spiro atoms. The van der Waals surface area contributed by atoms with Crippen LogP contribution in [0.3, 0.4) is 0 Å². The molecule has 0 aromatic carbocycles. The number of aromatic nitrogens is 2. The van der Waals surface area contributed by atoms with Gasteiger partial charge in [0.2, 0.25) is 0 Å².